The van der Waals surface area contributed by atoms with Crippen LogP contribution >= 0.6 is 0 Å². The molecule has 0 saturated carbocycles. The molecule has 2 aromatic heterocycles. The Labute approximate surface area is 187 Å². The molecule has 4 rings (SSSR count). The normalized spacial score (nSPS) is 18.8. The van der Waals surface area contributed by atoms with Crippen molar-refractivity contribution in [3.8, 4) is 11.4 Å². The van der Waals surface area contributed by atoms with E-state index < -0.39 is 11.7 Å². The van der Waals surface area contributed by atoms with Gasteiger partial charge in [-0.05, 0) is 31.9 Å². The van der Waals surface area contributed by atoms with Crippen molar-refractivity contribution in [2.75, 3.05) is 19.0 Å². The fourth-order valence-corrected chi connectivity index (χ4v) is 3.82. The maximum Gasteiger partial charge on any atom is 0.419 e. The number of hydrogen-bond donors (Lipinski definition) is 1. The van der Waals surface area contributed by atoms with Gasteiger partial charge in [0.1, 0.15) is 11.4 Å². The van der Waals surface area contributed by atoms with Gasteiger partial charge in [0.25, 0.3) is 5.91 Å². The Balaban J connectivity index is 1.55. The third-order valence-corrected chi connectivity index (χ3v) is 5.61. The number of anilines is 1. The minimum absolute atomic E-state index is 0.0834. The van der Waals surface area contributed by atoms with Crippen LogP contribution in [0.3, 0.4) is 0 Å². The van der Waals surface area contributed by atoms with E-state index in [1.165, 1.54) is 24.3 Å². The number of amides is 1. The molecule has 174 valence electrons. The quantitative estimate of drug-likeness (QED) is 0.623. The van der Waals surface area contributed by atoms with Crippen LogP contribution in [-0.2, 0) is 6.18 Å². The zero-order valence-electron chi connectivity index (χ0n) is 18.0. The van der Waals surface area contributed by atoms with Crippen molar-refractivity contribution in [1.82, 2.24) is 29.9 Å². The number of rotatable bonds is 5. The molecule has 33 heavy (non-hydrogen) atoms. The molecule has 2 atom stereocenters. The molecule has 1 N–H and O–H groups in total. The molecule has 3 aromatic rings. The van der Waals surface area contributed by atoms with Crippen LogP contribution in [0.5, 0.6) is 5.75 Å². The second-order valence-corrected chi connectivity index (χ2v) is 7.63. The predicted molar refractivity (Wildman–Crippen MR) is 112 cm³/mol. The van der Waals surface area contributed by atoms with E-state index >= 15 is 0 Å². The van der Waals surface area contributed by atoms with Gasteiger partial charge in [-0.25, -0.2) is 9.97 Å². The first-order valence-electron chi connectivity index (χ1n) is 10.3. The molecular weight excluding hydrogens is 439 g/mol. The lowest BCUT2D eigenvalue weighted by molar-refractivity contribution is -0.138. The van der Waals surface area contributed by atoms with Gasteiger partial charge < -0.3 is 15.0 Å². The SMILES string of the molecule is COc1ccc(C(=O)N2CCCC(Nc3ncc(C(F)(F)F)cn3)C2C)c(-n2nccn2)c1. The van der Waals surface area contributed by atoms with E-state index in [0.29, 0.717) is 36.4 Å². The highest BCUT2D eigenvalue weighted by atomic mass is 19.4. The minimum Gasteiger partial charge on any atom is -0.497 e. The second-order valence-electron chi connectivity index (χ2n) is 7.63. The summed E-state index contributed by atoms with van der Waals surface area (Å²) < 4.78 is 43.6. The van der Waals surface area contributed by atoms with E-state index in [1.54, 1.807) is 23.1 Å². The van der Waals surface area contributed by atoms with Crippen molar-refractivity contribution in [2.24, 2.45) is 0 Å². The molecule has 1 aliphatic rings. The predicted octanol–water partition coefficient (Wildman–Crippen LogP) is 3.19. The summed E-state index contributed by atoms with van der Waals surface area (Å²) in [6, 6.07) is 4.55. The number of nitrogens with one attached hydrogen (secondary N) is 1. The number of piperidine rings is 1. The monoisotopic (exact) mass is 461 g/mol. The summed E-state index contributed by atoms with van der Waals surface area (Å²) in [5, 5.41) is 11.3. The number of nitrogens with zero attached hydrogens (tertiary/aromatic N) is 6. The van der Waals surface area contributed by atoms with Crippen molar-refractivity contribution >= 4 is 11.9 Å². The minimum atomic E-state index is -4.50. The van der Waals surface area contributed by atoms with Crippen LogP contribution in [0.4, 0.5) is 19.1 Å². The number of halogens is 3. The molecule has 0 spiro atoms. The molecule has 1 aliphatic heterocycles. The van der Waals surface area contributed by atoms with Crippen molar-refractivity contribution < 1.29 is 22.7 Å². The van der Waals surface area contributed by atoms with Gasteiger partial charge in [-0.2, -0.15) is 28.2 Å². The van der Waals surface area contributed by atoms with Crippen molar-refractivity contribution in [3.05, 3.63) is 54.1 Å². The molecule has 1 saturated heterocycles. The Morgan fingerprint density at radius 3 is 2.52 bits per heavy atom. The second kappa shape index (κ2) is 9.04. The Bertz CT molecular complexity index is 1100. The van der Waals surface area contributed by atoms with Crippen LogP contribution in [0.25, 0.3) is 5.69 Å². The molecule has 0 bridgehead atoms. The molecule has 0 aliphatic carbocycles. The molecule has 9 nitrogen and oxygen atoms in total. The van der Waals surface area contributed by atoms with E-state index in [1.807, 2.05) is 6.92 Å². The number of alkyl halides is 3. The number of methoxy groups -OCH3 is 1. The zero-order valence-corrected chi connectivity index (χ0v) is 18.0. The molecule has 3 heterocycles. The Hall–Kier alpha value is -3.70. The van der Waals surface area contributed by atoms with Gasteiger partial charge >= 0.3 is 6.18 Å². The highest BCUT2D eigenvalue weighted by Crippen LogP contribution is 2.29. The van der Waals surface area contributed by atoms with E-state index in [0.717, 1.165) is 12.4 Å². The molecular formula is C21H22F3N7O2. The van der Waals surface area contributed by atoms with Crippen molar-refractivity contribution in [1.29, 1.82) is 0 Å². The number of aromatic nitrogens is 5. The fraction of sp³-hybridized carbons (Fsp3) is 0.381. The van der Waals surface area contributed by atoms with Gasteiger partial charge in [0, 0.05) is 37.1 Å². The van der Waals surface area contributed by atoms with Gasteiger partial charge in [-0.3, -0.25) is 4.79 Å². The van der Waals surface area contributed by atoms with E-state index in [4.69, 9.17) is 4.74 Å². The summed E-state index contributed by atoms with van der Waals surface area (Å²) in [5.74, 6) is 0.432. The van der Waals surface area contributed by atoms with E-state index in [9.17, 15) is 18.0 Å². The Morgan fingerprint density at radius 1 is 1.18 bits per heavy atom. The standard InChI is InChI=1S/C21H22F3N7O2/c1-13-17(29-20-25-11-14(12-26-20)21(22,23)24)4-3-9-30(13)19(32)16-6-5-15(33-2)10-18(16)31-27-7-8-28-31/h5-8,10-13,17H,3-4,9H2,1-2H3,(H,25,26,29). The number of likely N-dealkylation sites (tertiary alicyclic amines) is 1. The zero-order chi connectivity index (χ0) is 23.6. The van der Waals surface area contributed by atoms with Crippen LogP contribution < -0.4 is 10.1 Å². The molecule has 1 fully saturated rings. The summed E-state index contributed by atoms with van der Waals surface area (Å²) in [5.41, 5.74) is -0.0243. The lowest BCUT2D eigenvalue weighted by Crippen LogP contribution is -2.52. The number of carbonyl (C=O) groups is 1. The number of carbonyl (C=O) groups excluding carboxylic acids is 1. The first-order valence-corrected chi connectivity index (χ1v) is 10.3. The Kier molecular flexibility index (Phi) is 6.16. The van der Waals surface area contributed by atoms with Gasteiger partial charge in [0.05, 0.1) is 30.6 Å². The van der Waals surface area contributed by atoms with Crippen LogP contribution in [0, 0.1) is 0 Å². The van der Waals surface area contributed by atoms with Gasteiger partial charge in [-0.1, -0.05) is 0 Å². The van der Waals surface area contributed by atoms with Crippen molar-refractivity contribution in [2.45, 2.75) is 38.0 Å². The van der Waals surface area contributed by atoms with Crippen LogP contribution in [-0.4, -0.2) is 61.5 Å². The van der Waals surface area contributed by atoms with Crippen LogP contribution in [0.15, 0.2) is 43.0 Å². The maximum absolute atomic E-state index is 13.5. The largest absolute Gasteiger partial charge is 0.497 e. The molecule has 12 heteroatoms. The van der Waals surface area contributed by atoms with Crippen molar-refractivity contribution in [3.63, 3.8) is 0 Å². The maximum atomic E-state index is 13.5. The number of ether oxygens (including phenoxy) is 1. The first-order chi connectivity index (χ1) is 15.8. The smallest absolute Gasteiger partial charge is 0.419 e. The van der Waals surface area contributed by atoms with Gasteiger partial charge in [-0.15, -0.1) is 0 Å². The Morgan fingerprint density at radius 2 is 1.88 bits per heavy atom. The lowest BCUT2D eigenvalue weighted by atomic mass is 9.96. The fourth-order valence-electron chi connectivity index (χ4n) is 3.82. The molecule has 0 radical (unpaired) electrons. The van der Waals surface area contributed by atoms with Gasteiger partial charge in [0.15, 0.2) is 0 Å². The summed E-state index contributed by atoms with van der Waals surface area (Å²) in [6.07, 6.45) is 1.44. The van der Waals surface area contributed by atoms with E-state index in [-0.39, 0.29) is 23.9 Å². The average Bonchev–Trinajstić information content (AvgIpc) is 3.34. The van der Waals surface area contributed by atoms with E-state index in [2.05, 4.69) is 25.5 Å². The molecule has 1 amide bonds. The molecule has 1 aromatic carbocycles. The number of benzene rings is 1. The van der Waals surface area contributed by atoms with Crippen LogP contribution in [0.1, 0.15) is 35.7 Å². The highest BCUT2D eigenvalue weighted by Gasteiger charge is 2.34. The first kappa shape index (κ1) is 22.5. The van der Waals surface area contributed by atoms with Gasteiger partial charge in [0.2, 0.25) is 5.95 Å². The van der Waals surface area contributed by atoms with Crippen LogP contribution in [0.2, 0.25) is 0 Å². The molecule has 2 unspecified atom stereocenters. The summed E-state index contributed by atoms with van der Waals surface area (Å²) >= 11 is 0. The summed E-state index contributed by atoms with van der Waals surface area (Å²) in [7, 11) is 1.53. The third kappa shape index (κ3) is 4.73. The lowest BCUT2D eigenvalue weighted by Gasteiger charge is -2.40. The summed E-state index contributed by atoms with van der Waals surface area (Å²) in [4.78, 5) is 24.2. The topological polar surface area (TPSA) is 98.1 Å². The third-order valence-electron chi connectivity index (χ3n) is 5.61. The summed E-state index contributed by atoms with van der Waals surface area (Å²) in [6.45, 7) is 2.41. The average molecular weight is 461 g/mol. The highest BCUT2D eigenvalue weighted by molar-refractivity contribution is 5.98. The number of hydrogen-bond acceptors (Lipinski definition) is 7.